The third-order valence-electron chi connectivity index (χ3n) is 1.10. The van der Waals surface area contributed by atoms with Gasteiger partial charge in [-0.15, -0.1) is 0 Å². The lowest BCUT2D eigenvalue weighted by Crippen LogP contribution is -1.99. The first kappa shape index (κ1) is 17.7. The molecule has 1 aromatic heterocycles. The quantitative estimate of drug-likeness (QED) is 0.649. The number of halogens is 3. The molecule has 1 rings (SSSR count). The Kier molecular flexibility index (Phi) is 10.5. The largest absolute Gasteiger partial charge is 0.447 e. The molecule has 0 bridgehead atoms. The predicted octanol–water partition coefficient (Wildman–Crippen LogP) is 5.05. The highest BCUT2D eigenvalue weighted by Gasteiger charge is 2.29. The van der Waals surface area contributed by atoms with Gasteiger partial charge in [-0.2, -0.15) is 13.2 Å². The first-order chi connectivity index (χ1) is 7.47. The Morgan fingerprint density at radius 3 is 1.88 bits per heavy atom. The number of nitrogens with zero attached hydrogens (tertiary/aromatic N) is 1. The number of rotatable bonds is 1. The molecule has 0 atom stereocenters. The fourth-order valence-electron chi connectivity index (χ4n) is 0.633. The van der Waals surface area contributed by atoms with E-state index in [1.807, 2.05) is 27.7 Å². The van der Waals surface area contributed by atoms with E-state index in [4.69, 9.17) is 0 Å². The van der Waals surface area contributed by atoms with E-state index in [2.05, 4.69) is 4.98 Å². The average Bonchev–Trinajstić information content (AvgIpc) is 2.25. The van der Waals surface area contributed by atoms with Crippen molar-refractivity contribution in [3.05, 3.63) is 23.9 Å². The molecule has 0 spiro atoms. The minimum atomic E-state index is -4.25. The van der Waals surface area contributed by atoms with Gasteiger partial charge in [0.05, 0.1) is 0 Å². The zero-order chi connectivity index (χ0) is 13.2. The van der Waals surface area contributed by atoms with Crippen LogP contribution >= 0.6 is 11.8 Å². The molecule has 16 heavy (non-hydrogen) atoms. The summed E-state index contributed by atoms with van der Waals surface area (Å²) in [6.07, 6.45) is 1.41. The van der Waals surface area contributed by atoms with Crippen LogP contribution < -0.4 is 0 Å². The van der Waals surface area contributed by atoms with E-state index in [0.717, 1.165) is 5.56 Å². The lowest BCUT2D eigenvalue weighted by Gasteiger charge is -2.03. The standard InChI is InChI=1S/C7H6F3NS.2C2H6/c1-5-2-3-6(11-4-5)12-7(8,9)10;2*1-2/h2-4H,1H3;2*1-2H3. The summed E-state index contributed by atoms with van der Waals surface area (Å²) in [6, 6.07) is 2.95. The van der Waals surface area contributed by atoms with Gasteiger partial charge < -0.3 is 0 Å². The van der Waals surface area contributed by atoms with Gasteiger partial charge in [-0.1, -0.05) is 33.8 Å². The molecule has 0 aliphatic carbocycles. The molecule has 0 aromatic carbocycles. The van der Waals surface area contributed by atoms with Crippen molar-refractivity contribution in [2.45, 2.75) is 45.2 Å². The maximum atomic E-state index is 11.8. The summed E-state index contributed by atoms with van der Waals surface area (Å²) in [6.45, 7) is 9.77. The van der Waals surface area contributed by atoms with Crippen LogP contribution in [0.15, 0.2) is 23.4 Å². The zero-order valence-electron chi connectivity index (χ0n) is 10.2. The van der Waals surface area contributed by atoms with Crippen molar-refractivity contribution in [3.63, 3.8) is 0 Å². The molecule has 0 aliphatic heterocycles. The average molecular weight is 253 g/mol. The number of aromatic nitrogens is 1. The number of hydrogen-bond acceptors (Lipinski definition) is 2. The van der Waals surface area contributed by atoms with Crippen molar-refractivity contribution in [2.24, 2.45) is 0 Å². The molecular weight excluding hydrogens is 235 g/mol. The van der Waals surface area contributed by atoms with E-state index in [0.29, 0.717) is 0 Å². The Bertz CT molecular complexity index is 257. The Hall–Kier alpha value is -0.710. The molecular formula is C11H18F3NS. The third kappa shape index (κ3) is 9.83. The molecule has 0 saturated carbocycles. The summed E-state index contributed by atoms with van der Waals surface area (Å²) in [5.41, 5.74) is -3.40. The molecule has 1 heterocycles. The summed E-state index contributed by atoms with van der Waals surface area (Å²) in [5, 5.41) is -0.0203. The molecule has 0 radical (unpaired) electrons. The van der Waals surface area contributed by atoms with Crippen molar-refractivity contribution in [1.82, 2.24) is 4.98 Å². The van der Waals surface area contributed by atoms with Gasteiger partial charge in [-0.3, -0.25) is 0 Å². The SMILES string of the molecule is CC.CC.Cc1ccc(SC(F)(F)F)nc1. The normalized spacial score (nSPS) is 9.50. The van der Waals surface area contributed by atoms with Crippen molar-refractivity contribution < 1.29 is 13.2 Å². The van der Waals surface area contributed by atoms with Crippen LogP contribution in [0.1, 0.15) is 33.3 Å². The maximum absolute atomic E-state index is 11.8. The highest BCUT2D eigenvalue weighted by Crippen LogP contribution is 2.35. The van der Waals surface area contributed by atoms with Gasteiger partial charge in [0, 0.05) is 18.0 Å². The monoisotopic (exact) mass is 253 g/mol. The summed E-state index contributed by atoms with van der Waals surface area (Å²) in [5.74, 6) is 0. The fourth-order valence-corrected chi connectivity index (χ4v) is 1.11. The maximum Gasteiger partial charge on any atom is 0.447 e. The fraction of sp³-hybridized carbons (Fsp3) is 0.545. The van der Waals surface area contributed by atoms with Crippen molar-refractivity contribution in [1.29, 1.82) is 0 Å². The summed E-state index contributed by atoms with van der Waals surface area (Å²) in [4.78, 5) is 3.61. The summed E-state index contributed by atoms with van der Waals surface area (Å²) < 4.78 is 35.3. The van der Waals surface area contributed by atoms with E-state index in [1.54, 1.807) is 13.0 Å². The second-order valence-corrected chi connectivity index (χ2v) is 3.31. The number of aryl methyl sites for hydroxylation is 1. The molecule has 0 fully saturated rings. The Morgan fingerprint density at radius 2 is 1.56 bits per heavy atom. The van der Waals surface area contributed by atoms with Crippen molar-refractivity contribution >= 4 is 11.8 Å². The van der Waals surface area contributed by atoms with Crippen LogP contribution in [-0.4, -0.2) is 10.5 Å². The molecule has 0 amide bonds. The van der Waals surface area contributed by atoms with E-state index >= 15 is 0 Å². The third-order valence-corrected chi connectivity index (χ3v) is 1.79. The first-order valence-electron chi connectivity index (χ1n) is 5.16. The highest BCUT2D eigenvalue weighted by molar-refractivity contribution is 8.00. The van der Waals surface area contributed by atoms with Gasteiger partial charge in [0.15, 0.2) is 0 Å². The minimum Gasteiger partial charge on any atom is -0.249 e. The minimum absolute atomic E-state index is 0.0203. The van der Waals surface area contributed by atoms with Crippen LogP contribution in [0, 0.1) is 6.92 Å². The second-order valence-electron chi connectivity index (χ2n) is 2.22. The van der Waals surface area contributed by atoms with E-state index < -0.39 is 5.51 Å². The van der Waals surface area contributed by atoms with Crippen molar-refractivity contribution in [2.75, 3.05) is 0 Å². The Balaban J connectivity index is 0. The second kappa shape index (κ2) is 9.51. The lowest BCUT2D eigenvalue weighted by atomic mass is 10.3. The lowest BCUT2D eigenvalue weighted by molar-refractivity contribution is -0.0329. The zero-order valence-corrected chi connectivity index (χ0v) is 11.0. The summed E-state index contributed by atoms with van der Waals surface area (Å²) >= 11 is -0.202. The van der Waals surface area contributed by atoms with Gasteiger partial charge in [-0.25, -0.2) is 4.98 Å². The van der Waals surface area contributed by atoms with Crippen LogP contribution in [-0.2, 0) is 0 Å². The summed E-state index contributed by atoms with van der Waals surface area (Å²) in [7, 11) is 0. The Labute approximate surface area is 99.5 Å². The van der Waals surface area contributed by atoms with Gasteiger partial charge in [0.1, 0.15) is 5.03 Å². The van der Waals surface area contributed by atoms with Gasteiger partial charge >= 0.3 is 5.51 Å². The Morgan fingerprint density at radius 1 is 1.06 bits per heavy atom. The van der Waals surface area contributed by atoms with Crippen LogP contribution in [0.5, 0.6) is 0 Å². The van der Waals surface area contributed by atoms with E-state index in [-0.39, 0.29) is 16.8 Å². The highest BCUT2D eigenvalue weighted by atomic mass is 32.2. The van der Waals surface area contributed by atoms with Gasteiger partial charge in [0.2, 0.25) is 0 Å². The topological polar surface area (TPSA) is 12.9 Å². The molecule has 1 nitrogen and oxygen atoms in total. The van der Waals surface area contributed by atoms with E-state index in [1.165, 1.54) is 12.3 Å². The van der Waals surface area contributed by atoms with Gasteiger partial charge in [0.25, 0.3) is 0 Å². The molecule has 1 aromatic rings. The predicted molar refractivity (Wildman–Crippen MR) is 63.6 cm³/mol. The first-order valence-corrected chi connectivity index (χ1v) is 5.97. The molecule has 94 valence electrons. The van der Waals surface area contributed by atoms with Crippen LogP contribution in [0.4, 0.5) is 13.2 Å². The number of pyridine rings is 1. The van der Waals surface area contributed by atoms with Crippen molar-refractivity contribution in [3.8, 4) is 0 Å². The molecule has 0 N–H and O–H groups in total. The molecule has 0 unspecified atom stereocenters. The molecule has 0 saturated heterocycles. The van der Waals surface area contributed by atoms with Gasteiger partial charge in [-0.05, 0) is 18.6 Å². The molecule has 5 heteroatoms. The van der Waals surface area contributed by atoms with E-state index in [9.17, 15) is 13.2 Å². The smallest absolute Gasteiger partial charge is 0.249 e. The molecule has 0 aliphatic rings. The number of alkyl halides is 3. The number of thioether (sulfide) groups is 1. The van der Waals surface area contributed by atoms with Crippen LogP contribution in [0.3, 0.4) is 0 Å². The van der Waals surface area contributed by atoms with Crippen LogP contribution in [0.2, 0.25) is 0 Å². The van der Waals surface area contributed by atoms with Crippen LogP contribution in [0.25, 0.3) is 0 Å². The number of hydrogen-bond donors (Lipinski definition) is 0.